The summed E-state index contributed by atoms with van der Waals surface area (Å²) >= 11 is 0. The lowest BCUT2D eigenvalue weighted by Gasteiger charge is -2.40. The molecule has 1 aromatic carbocycles. The van der Waals surface area contributed by atoms with Gasteiger partial charge in [0.25, 0.3) is 0 Å². The Morgan fingerprint density at radius 3 is 2.11 bits per heavy atom. The summed E-state index contributed by atoms with van der Waals surface area (Å²) in [6.45, 7) is 17.3. The van der Waals surface area contributed by atoms with E-state index in [0.717, 1.165) is 12.0 Å². The predicted molar refractivity (Wildman–Crippen MR) is 146 cm³/mol. The van der Waals surface area contributed by atoms with Crippen LogP contribution >= 0.6 is 0 Å². The number of likely N-dealkylation sites (N-methyl/N-ethyl adjacent to an activating group) is 2. The van der Waals surface area contributed by atoms with Gasteiger partial charge in [-0.3, -0.25) is 9.59 Å². The number of nitrogens with zero attached hydrogens (tertiary/aromatic N) is 1. The van der Waals surface area contributed by atoms with Gasteiger partial charge in [0.05, 0.1) is 12.1 Å². The number of rotatable bonds is 11. The lowest BCUT2D eigenvalue weighted by Crippen LogP contribution is -2.61. The zero-order valence-corrected chi connectivity index (χ0v) is 24.0. The fourth-order valence-corrected chi connectivity index (χ4v) is 4.48. The minimum atomic E-state index is -1.02. The van der Waals surface area contributed by atoms with Gasteiger partial charge in [0.15, 0.2) is 0 Å². The summed E-state index contributed by atoms with van der Waals surface area (Å²) in [6, 6.07) is 6.43. The van der Waals surface area contributed by atoms with E-state index in [2.05, 4.69) is 29.7 Å². The highest BCUT2D eigenvalue weighted by molar-refractivity contribution is 5.91. The van der Waals surface area contributed by atoms with Crippen molar-refractivity contribution < 1.29 is 19.5 Å². The van der Waals surface area contributed by atoms with Crippen LogP contribution in [0.25, 0.3) is 0 Å². The molecule has 36 heavy (non-hydrogen) atoms. The minimum absolute atomic E-state index is 0.0144. The molecule has 1 aromatic rings. The van der Waals surface area contributed by atoms with E-state index in [9.17, 15) is 19.5 Å². The number of benzene rings is 1. The van der Waals surface area contributed by atoms with Gasteiger partial charge in [0, 0.05) is 18.0 Å². The summed E-state index contributed by atoms with van der Waals surface area (Å²) in [5.74, 6) is -1.55. The topological polar surface area (TPSA) is 98.7 Å². The first-order valence-electron chi connectivity index (χ1n) is 12.7. The number of amides is 2. The van der Waals surface area contributed by atoms with Gasteiger partial charge < -0.3 is 20.6 Å². The Kier molecular flexibility index (Phi) is 10.9. The molecule has 0 fully saturated rings. The van der Waals surface area contributed by atoms with Crippen LogP contribution in [0.1, 0.15) is 73.4 Å². The highest BCUT2D eigenvalue weighted by atomic mass is 16.4. The number of carboxylic acid groups (broad SMARTS) is 1. The smallest absolute Gasteiger partial charge is 0.331 e. The monoisotopic (exact) mass is 501 g/mol. The largest absolute Gasteiger partial charge is 0.478 e. The average molecular weight is 502 g/mol. The average Bonchev–Trinajstić information content (AvgIpc) is 2.79. The predicted octanol–water partition coefficient (Wildman–Crippen LogP) is 4.16. The molecule has 0 spiro atoms. The molecule has 0 aliphatic heterocycles. The molecule has 0 saturated carbocycles. The van der Waals surface area contributed by atoms with Crippen LogP contribution in [0.2, 0.25) is 0 Å². The van der Waals surface area contributed by atoms with Crippen LogP contribution in [0.15, 0.2) is 35.9 Å². The summed E-state index contributed by atoms with van der Waals surface area (Å²) in [7, 11) is 3.42. The van der Waals surface area contributed by atoms with Crippen molar-refractivity contribution in [1.29, 1.82) is 0 Å². The van der Waals surface area contributed by atoms with Crippen LogP contribution in [0.4, 0.5) is 0 Å². The summed E-state index contributed by atoms with van der Waals surface area (Å²) < 4.78 is 0. The van der Waals surface area contributed by atoms with Crippen LogP contribution in [-0.2, 0) is 26.2 Å². The van der Waals surface area contributed by atoms with Crippen molar-refractivity contribution in [2.24, 2.45) is 11.3 Å². The van der Waals surface area contributed by atoms with Crippen molar-refractivity contribution in [3.8, 4) is 0 Å². The van der Waals surface area contributed by atoms with Gasteiger partial charge in [0.1, 0.15) is 6.04 Å². The molecule has 1 unspecified atom stereocenters. The second-order valence-corrected chi connectivity index (χ2v) is 11.6. The summed E-state index contributed by atoms with van der Waals surface area (Å²) in [5.41, 5.74) is 1.31. The molecule has 0 saturated heterocycles. The van der Waals surface area contributed by atoms with E-state index in [1.165, 1.54) is 12.5 Å². The van der Waals surface area contributed by atoms with Gasteiger partial charge in [-0.1, -0.05) is 85.7 Å². The summed E-state index contributed by atoms with van der Waals surface area (Å²) in [6.07, 6.45) is 2.51. The normalized spacial score (nSPS) is 15.3. The van der Waals surface area contributed by atoms with Crippen LogP contribution in [0, 0.1) is 11.3 Å². The Hall–Kier alpha value is -2.67. The molecule has 7 nitrogen and oxygen atoms in total. The maximum absolute atomic E-state index is 13.8. The molecule has 0 aliphatic carbocycles. The van der Waals surface area contributed by atoms with E-state index < -0.39 is 34.9 Å². The number of aliphatic carboxylic acids is 1. The number of carbonyl (C=O) groups is 3. The van der Waals surface area contributed by atoms with Crippen LogP contribution < -0.4 is 10.6 Å². The molecule has 2 amide bonds. The molecule has 7 heteroatoms. The molecule has 3 N–H and O–H groups in total. The molecule has 0 aromatic heterocycles. The van der Waals surface area contributed by atoms with Crippen molar-refractivity contribution >= 4 is 17.8 Å². The fourth-order valence-electron chi connectivity index (χ4n) is 4.48. The number of nitrogens with one attached hydrogen (secondary N) is 2. The van der Waals surface area contributed by atoms with Crippen molar-refractivity contribution in [3.05, 3.63) is 47.0 Å². The lowest BCUT2D eigenvalue weighted by molar-refractivity contribution is -0.141. The maximum atomic E-state index is 13.8. The summed E-state index contributed by atoms with van der Waals surface area (Å²) in [5, 5.41) is 15.6. The molecule has 202 valence electrons. The van der Waals surface area contributed by atoms with Crippen molar-refractivity contribution in [1.82, 2.24) is 15.5 Å². The molecule has 0 aliphatic rings. The molecular weight excluding hydrogens is 454 g/mol. The standard InChI is InChI=1S/C29H47N3O4/c1-12-20-14-13-15-21(17-20)29(8,9)23(30-10)25(33)31-24(28(5,6)7)26(34)32(11)22(18(2)3)16-19(4)27(35)36/h13-18,22-24,30H,12H2,1-11H3,(H,31,33)(H,35,36)/b19-16+/t22-,23?,24-/m1/s1. The number of hydrogen-bond acceptors (Lipinski definition) is 4. The Morgan fingerprint density at radius 2 is 1.67 bits per heavy atom. The zero-order chi connectivity index (χ0) is 28.0. The molecule has 0 heterocycles. The van der Waals surface area contributed by atoms with Crippen molar-refractivity contribution in [2.75, 3.05) is 14.1 Å². The van der Waals surface area contributed by atoms with E-state index >= 15 is 0 Å². The molecular formula is C29H47N3O4. The number of aryl methyl sites for hydroxylation is 1. The van der Waals surface area contributed by atoms with Gasteiger partial charge in [-0.2, -0.15) is 0 Å². The SMILES string of the molecule is CCc1cccc(C(C)(C)C(NC)C(=O)N[C@H](C(=O)N(C)[C@H](/C=C(\C)C(=O)O)C(C)C)C(C)(C)C)c1. The zero-order valence-electron chi connectivity index (χ0n) is 24.0. The molecule has 0 bridgehead atoms. The molecule has 0 radical (unpaired) electrons. The maximum Gasteiger partial charge on any atom is 0.331 e. The van der Waals surface area contributed by atoms with Crippen LogP contribution in [-0.4, -0.2) is 60.0 Å². The lowest BCUT2D eigenvalue weighted by atomic mass is 9.76. The van der Waals surface area contributed by atoms with Gasteiger partial charge in [-0.05, 0) is 42.9 Å². The van der Waals surface area contributed by atoms with Crippen molar-refractivity contribution in [2.45, 2.75) is 92.3 Å². The Labute approximate surface area is 217 Å². The first-order chi connectivity index (χ1) is 16.5. The third-order valence-corrected chi connectivity index (χ3v) is 6.99. The Bertz CT molecular complexity index is 960. The number of hydrogen-bond donors (Lipinski definition) is 3. The van der Waals surface area contributed by atoms with E-state index in [1.807, 2.05) is 60.6 Å². The van der Waals surface area contributed by atoms with Gasteiger partial charge in [-0.25, -0.2) is 4.79 Å². The number of carboxylic acids is 1. The van der Waals surface area contributed by atoms with Crippen LogP contribution in [0.5, 0.6) is 0 Å². The molecule has 1 rings (SSSR count). The van der Waals surface area contributed by atoms with Gasteiger partial charge in [-0.15, -0.1) is 0 Å². The van der Waals surface area contributed by atoms with E-state index in [-0.39, 0.29) is 23.3 Å². The second kappa shape index (κ2) is 12.5. The third kappa shape index (κ3) is 7.66. The highest BCUT2D eigenvalue weighted by Gasteiger charge is 2.41. The Balaban J connectivity index is 3.33. The number of carbonyl (C=O) groups excluding carboxylic acids is 2. The van der Waals surface area contributed by atoms with E-state index in [1.54, 1.807) is 25.1 Å². The first kappa shape index (κ1) is 31.4. The van der Waals surface area contributed by atoms with E-state index in [0.29, 0.717) is 0 Å². The fraction of sp³-hybridized carbons (Fsp3) is 0.621. The van der Waals surface area contributed by atoms with Crippen molar-refractivity contribution in [3.63, 3.8) is 0 Å². The molecule has 3 atom stereocenters. The minimum Gasteiger partial charge on any atom is -0.478 e. The van der Waals surface area contributed by atoms with Gasteiger partial charge >= 0.3 is 5.97 Å². The summed E-state index contributed by atoms with van der Waals surface area (Å²) in [4.78, 5) is 40.4. The third-order valence-electron chi connectivity index (χ3n) is 6.99. The van der Waals surface area contributed by atoms with E-state index in [4.69, 9.17) is 0 Å². The van der Waals surface area contributed by atoms with Crippen LogP contribution in [0.3, 0.4) is 0 Å². The highest BCUT2D eigenvalue weighted by Crippen LogP contribution is 2.30. The Morgan fingerprint density at radius 1 is 1.08 bits per heavy atom. The second-order valence-electron chi connectivity index (χ2n) is 11.6. The first-order valence-corrected chi connectivity index (χ1v) is 12.7. The quantitative estimate of drug-likeness (QED) is 0.396. The van der Waals surface area contributed by atoms with Gasteiger partial charge in [0.2, 0.25) is 11.8 Å².